The van der Waals surface area contributed by atoms with Crippen LogP contribution in [0.2, 0.25) is 0 Å². The van der Waals surface area contributed by atoms with Gasteiger partial charge < -0.3 is 10.6 Å². The quantitative estimate of drug-likeness (QED) is 0.822. The third-order valence-electron chi connectivity index (χ3n) is 2.07. The summed E-state index contributed by atoms with van der Waals surface area (Å²) in [6.07, 6.45) is 0.257. The van der Waals surface area contributed by atoms with Gasteiger partial charge in [-0.1, -0.05) is 6.07 Å². The Bertz CT molecular complexity index is 352. The summed E-state index contributed by atoms with van der Waals surface area (Å²) in [5.41, 5.74) is 6.06. The summed E-state index contributed by atoms with van der Waals surface area (Å²) in [6.45, 7) is 1.76. The summed E-state index contributed by atoms with van der Waals surface area (Å²) in [7, 11) is 1.61. The van der Waals surface area contributed by atoms with E-state index < -0.39 is 0 Å². The lowest BCUT2D eigenvalue weighted by molar-refractivity contribution is -0.118. The van der Waals surface area contributed by atoms with Crippen LogP contribution in [0.1, 0.15) is 13.3 Å². The average molecular weight is 210 g/mol. The van der Waals surface area contributed by atoms with Crippen LogP contribution in [0.25, 0.3) is 0 Å². The predicted molar refractivity (Wildman–Crippen MR) is 58.1 cm³/mol. The van der Waals surface area contributed by atoms with Gasteiger partial charge in [0.15, 0.2) is 0 Å². The molecule has 0 spiro atoms. The SMILES string of the molecule is CC(N)CC(=O)N(C)c1cccc(F)c1. The van der Waals surface area contributed by atoms with Gasteiger partial charge in [0.05, 0.1) is 0 Å². The molecule has 1 amide bonds. The molecular formula is C11H15FN2O. The second kappa shape index (κ2) is 4.89. The van der Waals surface area contributed by atoms with Crippen LogP contribution >= 0.6 is 0 Å². The van der Waals surface area contributed by atoms with Gasteiger partial charge in [0, 0.05) is 25.2 Å². The molecule has 0 radical (unpaired) electrons. The maximum atomic E-state index is 12.9. The molecule has 0 fully saturated rings. The van der Waals surface area contributed by atoms with Gasteiger partial charge in [-0.05, 0) is 25.1 Å². The van der Waals surface area contributed by atoms with E-state index in [1.807, 2.05) is 0 Å². The molecule has 1 aromatic carbocycles. The van der Waals surface area contributed by atoms with Crippen molar-refractivity contribution in [1.29, 1.82) is 0 Å². The molecule has 1 unspecified atom stereocenters. The smallest absolute Gasteiger partial charge is 0.228 e. The minimum atomic E-state index is -0.354. The first-order valence-corrected chi connectivity index (χ1v) is 4.78. The average Bonchev–Trinajstić information content (AvgIpc) is 2.15. The monoisotopic (exact) mass is 210 g/mol. The maximum absolute atomic E-state index is 12.9. The second-order valence-corrected chi connectivity index (χ2v) is 3.61. The maximum Gasteiger partial charge on any atom is 0.228 e. The van der Waals surface area contributed by atoms with E-state index in [9.17, 15) is 9.18 Å². The Labute approximate surface area is 88.7 Å². The summed E-state index contributed by atoms with van der Waals surface area (Å²) in [5.74, 6) is -0.469. The van der Waals surface area contributed by atoms with Crippen LogP contribution in [-0.2, 0) is 4.79 Å². The minimum Gasteiger partial charge on any atom is -0.327 e. The van der Waals surface area contributed by atoms with E-state index >= 15 is 0 Å². The molecule has 82 valence electrons. The van der Waals surface area contributed by atoms with Gasteiger partial charge in [0.2, 0.25) is 5.91 Å². The largest absolute Gasteiger partial charge is 0.327 e. The van der Waals surface area contributed by atoms with Crippen LogP contribution in [0.3, 0.4) is 0 Å². The predicted octanol–water partition coefficient (Wildman–Crippen LogP) is 1.53. The topological polar surface area (TPSA) is 46.3 Å². The fraction of sp³-hybridized carbons (Fsp3) is 0.364. The van der Waals surface area contributed by atoms with Crippen molar-refractivity contribution >= 4 is 11.6 Å². The van der Waals surface area contributed by atoms with E-state index in [-0.39, 0.29) is 24.2 Å². The second-order valence-electron chi connectivity index (χ2n) is 3.61. The number of anilines is 1. The van der Waals surface area contributed by atoms with E-state index in [0.717, 1.165) is 0 Å². The van der Waals surface area contributed by atoms with Crippen molar-refractivity contribution in [3.63, 3.8) is 0 Å². The molecule has 15 heavy (non-hydrogen) atoms. The number of hydrogen-bond donors (Lipinski definition) is 1. The summed E-state index contributed by atoms with van der Waals surface area (Å²) in [6, 6.07) is 5.73. The number of hydrogen-bond acceptors (Lipinski definition) is 2. The van der Waals surface area contributed by atoms with Crippen LogP contribution < -0.4 is 10.6 Å². The first kappa shape index (κ1) is 11.7. The summed E-state index contributed by atoms with van der Waals surface area (Å²) in [5, 5.41) is 0. The van der Waals surface area contributed by atoms with Crippen LogP contribution in [-0.4, -0.2) is 19.0 Å². The van der Waals surface area contributed by atoms with Gasteiger partial charge in [-0.2, -0.15) is 0 Å². The first-order chi connectivity index (χ1) is 7.00. The highest BCUT2D eigenvalue weighted by molar-refractivity contribution is 5.93. The van der Waals surface area contributed by atoms with Gasteiger partial charge >= 0.3 is 0 Å². The van der Waals surface area contributed by atoms with Gasteiger partial charge in [-0.15, -0.1) is 0 Å². The molecule has 1 atom stereocenters. The molecule has 3 nitrogen and oxygen atoms in total. The highest BCUT2D eigenvalue weighted by Gasteiger charge is 2.12. The zero-order valence-electron chi connectivity index (χ0n) is 8.90. The Hall–Kier alpha value is -1.42. The Balaban J connectivity index is 2.76. The molecule has 0 heterocycles. The molecule has 0 aliphatic rings. The van der Waals surface area contributed by atoms with E-state index in [4.69, 9.17) is 5.73 Å². The van der Waals surface area contributed by atoms with Gasteiger partial charge in [0.1, 0.15) is 5.82 Å². The Morgan fingerprint density at radius 3 is 2.80 bits per heavy atom. The normalized spacial score (nSPS) is 12.3. The van der Waals surface area contributed by atoms with Crippen molar-refractivity contribution in [3.05, 3.63) is 30.1 Å². The number of benzene rings is 1. The van der Waals surface area contributed by atoms with Crippen LogP contribution in [0.5, 0.6) is 0 Å². The molecule has 0 saturated heterocycles. The highest BCUT2D eigenvalue weighted by atomic mass is 19.1. The zero-order chi connectivity index (χ0) is 11.4. The van der Waals surface area contributed by atoms with Gasteiger partial charge in [-0.25, -0.2) is 4.39 Å². The first-order valence-electron chi connectivity index (χ1n) is 4.78. The summed E-state index contributed by atoms with van der Waals surface area (Å²) >= 11 is 0. The fourth-order valence-electron chi connectivity index (χ4n) is 1.24. The minimum absolute atomic E-state index is 0.115. The fourth-order valence-corrected chi connectivity index (χ4v) is 1.24. The van der Waals surface area contributed by atoms with Gasteiger partial charge in [0.25, 0.3) is 0 Å². The number of carbonyl (C=O) groups is 1. The van der Waals surface area contributed by atoms with E-state index in [1.165, 1.54) is 17.0 Å². The molecule has 0 aromatic heterocycles. The molecule has 0 aliphatic carbocycles. The highest BCUT2D eigenvalue weighted by Crippen LogP contribution is 2.14. The number of halogens is 1. The molecule has 0 aliphatic heterocycles. The number of nitrogens with two attached hydrogens (primary N) is 1. The number of nitrogens with zero attached hydrogens (tertiary/aromatic N) is 1. The molecule has 1 rings (SSSR count). The van der Waals surface area contributed by atoms with Crippen molar-refractivity contribution in [2.45, 2.75) is 19.4 Å². The molecule has 1 aromatic rings. The molecule has 0 bridgehead atoms. The van der Waals surface area contributed by atoms with E-state index in [1.54, 1.807) is 26.1 Å². The lowest BCUT2D eigenvalue weighted by atomic mass is 10.2. The van der Waals surface area contributed by atoms with Crippen molar-refractivity contribution in [2.24, 2.45) is 5.73 Å². The van der Waals surface area contributed by atoms with Crippen LogP contribution in [0.4, 0.5) is 10.1 Å². The Morgan fingerprint density at radius 1 is 1.60 bits per heavy atom. The van der Waals surface area contributed by atoms with E-state index in [2.05, 4.69) is 0 Å². The Morgan fingerprint density at radius 2 is 2.27 bits per heavy atom. The number of rotatable bonds is 3. The van der Waals surface area contributed by atoms with Crippen LogP contribution in [0, 0.1) is 5.82 Å². The lowest BCUT2D eigenvalue weighted by Gasteiger charge is -2.18. The summed E-state index contributed by atoms with van der Waals surface area (Å²) < 4.78 is 12.9. The van der Waals surface area contributed by atoms with Crippen molar-refractivity contribution in [3.8, 4) is 0 Å². The third kappa shape index (κ3) is 3.32. The third-order valence-corrected chi connectivity index (χ3v) is 2.07. The number of carbonyl (C=O) groups excluding carboxylic acids is 1. The molecular weight excluding hydrogens is 195 g/mol. The van der Waals surface area contributed by atoms with Crippen molar-refractivity contribution < 1.29 is 9.18 Å². The van der Waals surface area contributed by atoms with Crippen molar-refractivity contribution in [1.82, 2.24) is 0 Å². The zero-order valence-corrected chi connectivity index (χ0v) is 8.90. The molecule has 0 saturated carbocycles. The Kier molecular flexibility index (Phi) is 3.80. The summed E-state index contributed by atoms with van der Waals surface area (Å²) in [4.78, 5) is 13.0. The van der Waals surface area contributed by atoms with E-state index in [0.29, 0.717) is 5.69 Å². The van der Waals surface area contributed by atoms with Crippen LogP contribution in [0.15, 0.2) is 24.3 Å². The number of amides is 1. The van der Waals surface area contributed by atoms with Crippen molar-refractivity contribution in [2.75, 3.05) is 11.9 Å². The van der Waals surface area contributed by atoms with Gasteiger partial charge in [-0.3, -0.25) is 4.79 Å². The molecule has 2 N–H and O–H groups in total. The standard InChI is InChI=1S/C11H15FN2O/c1-8(13)6-11(15)14(2)10-5-3-4-9(12)7-10/h3-5,7-8H,6,13H2,1-2H3. The lowest BCUT2D eigenvalue weighted by Crippen LogP contribution is -2.31. The molecule has 4 heteroatoms.